The van der Waals surface area contributed by atoms with Gasteiger partial charge >= 0.3 is 0 Å². The predicted octanol–water partition coefficient (Wildman–Crippen LogP) is 5.37. The van der Waals surface area contributed by atoms with Crippen LogP contribution in [-0.2, 0) is 19.7 Å². The molecule has 1 aromatic heterocycles. The highest BCUT2D eigenvalue weighted by Gasteiger charge is 2.10. The van der Waals surface area contributed by atoms with Crippen molar-refractivity contribution in [1.82, 2.24) is 15.1 Å². The summed E-state index contributed by atoms with van der Waals surface area (Å²) in [5, 5.41) is 8.67. The number of hydrogen-bond donors (Lipinski definition) is 1. The van der Waals surface area contributed by atoms with Gasteiger partial charge in [0.25, 0.3) is 5.91 Å². The molecule has 5 nitrogen and oxygen atoms in total. The maximum absolute atomic E-state index is 12.3. The van der Waals surface area contributed by atoms with Crippen molar-refractivity contribution in [2.24, 2.45) is 0 Å². The summed E-state index contributed by atoms with van der Waals surface area (Å²) in [6, 6.07) is 12.2. The van der Waals surface area contributed by atoms with Crippen molar-refractivity contribution >= 4 is 40.7 Å². The topological polar surface area (TPSA) is 56.2 Å². The Morgan fingerprint density at radius 2 is 1.86 bits per heavy atom. The number of hydrogen-bond acceptors (Lipinski definition) is 3. The lowest BCUT2D eigenvalue weighted by atomic mass is 10.1. The molecule has 0 saturated carbocycles. The quantitative estimate of drug-likeness (QED) is 0.539. The summed E-state index contributed by atoms with van der Waals surface area (Å²) in [4.78, 5) is 12.3. The number of aryl methyl sites for hydroxylation is 1. The van der Waals surface area contributed by atoms with Gasteiger partial charge in [-0.05, 0) is 42.8 Å². The molecule has 2 aromatic carbocycles. The van der Waals surface area contributed by atoms with E-state index in [2.05, 4.69) is 10.4 Å². The van der Waals surface area contributed by atoms with Crippen LogP contribution in [0.4, 0.5) is 0 Å². The van der Waals surface area contributed by atoms with E-state index in [0.717, 1.165) is 12.1 Å². The molecule has 28 heavy (non-hydrogen) atoms. The van der Waals surface area contributed by atoms with Crippen molar-refractivity contribution < 1.29 is 9.53 Å². The van der Waals surface area contributed by atoms with Crippen LogP contribution in [0.5, 0.6) is 5.75 Å². The molecule has 0 fully saturated rings. The molecule has 146 valence electrons. The van der Waals surface area contributed by atoms with Gasteiger partial charge in [-0.25, -0.2) is 0 Å². The normalized spacial score (nSPS) is 10.7. The largest absolute Gasteiger partial charge is 0.487 e. The first-order chi connectivity index (χ1) is 13.5. The lowest BCUT2D eigenvalue weighted by Crippen LogP contribution is -2.23. The van der Waals surface area contributed by atoms with E-state index < -0.39 is 0 Å². The summed E-state index contributed by atoms with van der Waals surface area (Å²) in [5.41, 5.74) is 2.09. The number of amides is 1. The SMILES string of the molecule is CCn1cc(Cl)c(CNC(=O)c2ccc(COc3ccc(Cl)cc3Cl)cc2)n1. The maximum atomic E-state index is 12.3. The van der Waals surface area contributed by atoms with Crippen molar-refractivity contribution in [3.8, 4) is 5.75 Å². The highest BCUT2D eigenvalue weighted by Crippen LogP contribution is 2.28. The van der Waals surface area contributed by atoms with Gasteiger partial charge in [0.2, 0.25) is 0 Å². The van der Waals surface area contributed by atoms with Gasteiger partial charge in [-0.3, -0.25) is 9.48 Å². The third kappa shape index (κ3) is 5.19. The zero-order valence-electron chi connectivity index (χ0n) is 15.1. The number of rotatable bonds is 7. The molecule has 8 heteroatoms. The Hall–Kier alpha value is -2.21. The Kier molecular flexibility index (Phi) is 6.83. The Balaban J connectivity index is 1.55. The third-order valence-corrected chi connectivity index (χ3v) is 4.88. The number of benzene rings is 2. The number of nitrogens with zero attached hydrogens (tertiary/aromatic N) is 2. The second-order valence-corrected chi connectivity index (χ2v) is 7.27. The lowest BCUT2D eigenvalue weighted by Gasteiger charge is -2.09. The van der Waals surface area contributed by atoms with Crippen LogP contribution >= 0.6 is 34.8 Å². The van der Waals surface area contributed by atoms with Crippen molar-refractivity contribution in [3.63, 3.8) is 0 Å². The first-order valence-electron chi connectivity index (χ1n) is 8.63. The van der Waals surface area contributed by atoms with Gasteiger partial charge in [-0.15, -0.1) is 0 Å². The van der Waals surface area contributed by atoms with Crippen molar-refractivity contribution in [2.45, 2.75) is 26.6 Å². The van der Waals surface area contributed by atoms with E-state index in [0.29, 0.717) is 38.7 Å². The number of carbonyl (C=O) groups is 1. The molecule has 0 saturated heterocycles. The summed E-state index contributed by atoms with van der Waals surface area (Å²) >= 11 is 18.1. The van der Waals surface area contributed by atoms with E-state index in [1.807, 2.05) is 19.1 Å². The molecule has 1 heterocycles. The smallest absolute Gasteiger partial charge is 0.251 e. The second-order valence-electron chi connectivity index (χ2n) is 6.02. The van der Waals surface area contributed by atoms with Crippen LogP contribution in [0.1, 0.15) is 28.5 Å². The average molecular weight is 439 g/mol. The number of nitrogens with one attached hydrogen (secondary N) is 1. The molecular formula is C20H18Cl3N3O2. The Morgan fingerprint density at radius 1 is 1.11 bits per heavy atom. The van der Waals surface area contributed by atoms with E-state index in [4.69, 9.17) is 39.5 Å². The summed E-state index contributed by atoms with van der Waals surface area (Å²) in [6.07, 6.45) is 1.74. The summed E-state index contributed by atoms with van der Waals surface area (Å²) in [7, 11) is 0. The molecule has 0 aliphatic carbocycles. The Morgan fingerprint density at radius 3 is 2.50 bits per heavy atom. The minimum Gasteiger partial charge on any atom is -0.487 e. The van der Waals surface area contributed by atoms with Crippen LogP contribution in [0.15, 0.2) is 48.7 Å². The summed E-state index contributed by atoms with van der Waals surface area (Å²) in [5.74, 6) is 0.353. The molecule has 0 bridgehead atoms. The Labute approximate surface area is 178 Å². The van der Waals surface area contributed by atoms with Crippen LogP contribution < -0.4 is 10.1 Å². The molecule has 0 unspecified atom stereocenters. The molecule has 0 atom stereocenters. The lowest BCUT2D eigenvalue weighted by molar-refractivity contribution is 0.0950. The molecule has 3 rings (SSSR count). The zero-order chi connectivity index (χ0) is 20.1. The first kappa shape index (κ1) is 20.5. The van der Waals surface area contributed by atoms with Gasteiger partial charge < -0.3 is 10.1 Å². The van der Waals surface area contributed by atoms with Crippen LogP contribution in [-0.4, -0.2) is 15.7 Å². The molecule has 1 amide bonds. The predicted molar refractivity (Wildman–Crippen MR) is 111 cm³/mol. The van der Waals surface area contributed by atoms with Gasteiger partial charge in [0.15, 0.2) is 0 Å². The van der Waals surface area contributed by atoms with E-state index in [1.54, 1.807) is 41.2 Å². The van der Waals surface area contributed by atoms with Gasteiger partial charge in [0, 0.05) is 23.3 Å². The Bertz CT molecular complexity index is 971. The van der Waals surface area contributed by atoms with Crippen LogP contribution in [0.3, 0.4) is 0 Å². The van der Waals surface area contributed by atoms with Crippen molar-refractivity contribution in [2.75, 3.05) is 0 Å². The van der Waals surface area contributed by atoms with Gasteiger partial charge in [-0.1, -0.05) is 46.9 Å². The monoisotopic (exact) mass is 437 g/mol. The fraction of sp³-hybridized carbons (Fsp3) is 0.200. The standard InChI is InChI=1S/C20H18Cl3N3O2/c1-2-26-11-17(23)18(25-26)10-24-20(27)14-5-3-13(4-6-14)12-28-19-8-7-15(21)9-16(19)22/h3-9,11H,2,10,12H2,1H3,(H,24,27). The fourth-order valence-electron chi connectivity index (χ4n) is 2.49. The first-order valence-corrected chi connectivity index (χ1v) is 9.76. The molecular weight excluding hydrogens is 421 g/mol. The van der Waals surface area contributed by atoms with Crippen molar-refractivity contribution in [1.29, 1.82) is 0 Å². The summed E-state index contributed by atoms with van der Waals surface area (Å²) < 4.78 is 7.42. The molecule has 3 aromatic rings. The highest BCUT2D eigenvalue weighted by molar-refractivity contribution is 6.35. The molecule has 0 spiro atoms. The third-order valence-electron chi connectivity index (χ3n) is 4.03. The van der Waals surface area contributed by atoms with E-state index in [1.165, 1.54) is 0 Å². The van der Waals surface area contributed by atoms with E-state index >= 15 is 0 Å². The number of aromatic nitrogens is 2. The number of ether oxygens (including phenoxy) is 1. The second kappa shape index (κ2) is 9.32. The number of halogens is 3. The van der Waals surface area contributed by atoms with Gasteiger partial charge in [0.1, 0.15) is 18.1 Å². The fourth-order valence-corrected chi connectivity index (χ4v) is 3.17. The average Bonchev–Trinajstić information content (AvgIpc) is 3.05. The molecule has 1 N–H and O–H groups in total. The molecule has 0 aliphatic rings. The van der Waals surface area contributed by atoms with Crippen LogP contribution in [0.25, 0.3) is 0 Å². The zero-order valence-corrected chi connectivity index (χ0v) is 17.4. The van der Waals surface area contributed by atoms with Gasteiger partial charge in [-0.2, -0.15) is 5.10 Å². The van der Waals surface area contributed by atoms with Crippen molar-refractivity contribution in [3.05, 3.63) is 80.6 Å². The van der Waals surface area contributed by atoms with Gasteiger partial charge in [0.05, 0.1) is 16.6 Å². The molecule has 0 aliphatic heterocycles. The van der Waals surface area contributed by atoms with E-state index in [9.17, 15) is 4.79 Å². The molecule has 0 radical (unpaired) electrons. The van der Waals surface area contributed by atoms with Crippen LogP contribution in [0.2, 0.25) is 15.1 Å². The maximum Gasteiger partial charge on any atom is 0.251 e. The summed E-state index contributed by atoms with van der Waals surface area (Å²) in [6.45, 7) is 3.29. The van der Waals surface area contributed by atoms with Crippen LogP contribution in [0, 0.1) is 0 Å². The highest BCUT2D eigenvalue weighted by atomic mass is 35.5. The van der Waals surface area contributed by atoms with E-state index in [-0.39, 0.29) is 12.5 Å². The minimum atomic E-state index is -0.199. The number of carbonyl (C=O) groups excluding carboxylic acids is 1. The minimum absolute atomic E-state index is 0.199.